The van der Waals surface area contributed by atoms with Gasteiger partial charge in [0.15, 0.2) is 5.66 Å². The topological polar surface area (TPSA) is 57.1 Å². The number of rotatable bonds is 7. The number of benzene rings is 1. The Labute approximate surface area is 137 Å². The van der Waals surface area contributed by atoms with Crippen LogP contribution in [0.4, 0.5) is 5.69 Å². The summed E-state index contributed by atoms with van der Waals surface area (Å²) in [6.45, 7) is 5.17. The second-order valence-corrected chi connectivity index (χ2v) is 6.22. The third-order valence-electron chi connectivity index (χ3n) is 4.53. The summed E-state index contributed by atoms with van der Waals surface area (Å²) in [7, 11) is 0. The lowest BCUT2D eigenvalue weighted by Crippen LogP contribution is -2.17. The molecule has 0 fully saturated rings. The molecule has 0 saturated carbocycles. The second kappa shape index (κ2) is 6.51. The first-order chi connectivity index (χ1) is 11.1. The molecule has 3 rings (SSSR count). The Balaban J connectivity index is 1.50. The highest BCUT2D eigenvalue weighted by Crippen LogP contribution is 2.37. The van der Waals surface area contributed by atoms with E-state index >= 15 is 0 Å². The number of terminal acetylenes is 1. The lowest BCUT2D eigenvalue weighted by atomic mass is 10.0. The quantitative estimate of drug-likeness (QED) is 0.785. The van der Waals surface area contributed by atoms with E-state index in [-0.39, 0.29) is 11.6 Å². The molecule has 0 aromatic heterocycles. The molecule has 0 bridgehead atoms. The molecular weight excluding hydrogens is 288 g/mol. The van der Waals surface area contributed by atoms with Crippen molar-refractivity contribution >= 4 is 11.6 Å². The van der Waals surface area contributed by atoms with Crippen LogP contribution in [-0.4, -0.2) is 23.0 Å². The highest BCUT2D eigenvalue weighted by molar-refractivity contribution is 5.90. The first-order valence-corrected chi connectivity index (χ1v) is 8.16. The van der Waals surface area contributed by atoms with Crippen LogP contribution in [0, 0.1) is 12.3 Å². The first-order valence-electron chi connectivity index (χ1n) is 8.16. The maximum atomic E-state index is 12.1. The third-order valence-corrected chi connectivity index (χ3v) is 4.53. The minimum atomic E-state index is -0.386. The molecule has 2 aliphatic rings. The predicted molar refractivity (Wildman–Crippen MR) is 89.7 cm³/mol. The highest BCUT2D eigenvalue weighted by atomic mass is 16.1. The number of fused-ring (bicyclic) bond motifs is 1. The summed E-state index contributed by atoms with van der Waals surface area (Å²) in [6, 6.07) is 6.18. The molecule has 1 aromatic rings. The van der Waals surface area contributed by atoms with E-state index in [2.05, 4.69) is 45.4 Å². The monoisotopic (exact) mass is 310 g/mol. The van der Waals surface area contributed by atoms with Crippen LogP contribution in [0.2, 0.25) is 0 Å². The maximum Gasteiger partial charge on any atom is 0.224 e. The minimum Gasteiger partial charge on any atom is -0.326 e. The lowest BCUT2D eigenvalue weighted by molar-refractivity contribution is -0.116. The van der Waals surface area contributed by atoms with Crippen molar-refractivity contribution < 1.29 is 4.79 Å². The smallest absolute Gasteiger partial charge is 0.224 e. The van der Waals surface area contributed by atoms with Crippen LogP contribution in [-0.2, 0) is 17.9 Å². The van der Waals surface area contributed by atoms with Crippen molar-refractivity contribution in [2.24, 2.45) is 10.2 Å². The van der Waals surface area contributed by atoms with Crippen LogP contribution >= 0.6 is 0 Å². The summed E-state index contributed by atoms with van der Waals surface area (Å²) in [5, 5.41) is 11.1. The number of nitrogens with one attached hydrogen (secondary N) is 1. The average Bonchev–Trinajstić information content (AvgIpc) is 3.21. The van der Waals surface area contributed by atoms with Gasteiger partial charge in [-0.05, 0) is 29.8 Å². The second-order valence-electron chi connectivity index (χ2n) is 6.22. The van der Waals surface area contributed by atoms with Gasteiger partial charge in [0.2, 0.25) is 5.91 Å². The number of hydrogen-bond donors (Lipinski definition) is 1. The largest absolute Gasteiger partial charge is 0.326 e. The van der Waals surface area contributed by atoms with Crippen LogP contribution < -0.4 is 5.32 Å². The van der Waals surface area contributed by atoms with E-state index in [1.165, 1.54) is 11.1 Å². The molecule has 5 heteroatoms. The Bertz CT molecular complexity index is 668. The summed E-state index contributed by atoms with van der Waals surface area (Å²) < 4.78 is 0. The molecular formula is C18H22N4O. The minimum absolute atomic E-state index is 0.00711. The van der Waals surface area contributed by atoms with Crippen molar-refractivity contribution in [1.29, 1.82) is 0 Å². The van der Waals surface area contributed by atoms with Gasteiger partial charge in [0.25, 0.3) is 0 Å². The molecule has 0 saturated heterocycles. The molecule has 1 N–H and O–H groups in total. The van der Waals surface area contributed by atoms with Gasteiger partial charge in [-0.25, -0.2) is 0 Å². The van der Waals surface area contributed by atoms with Crippen molar-refractivity contribution in [1.82, 2.24) is 4.90 Å². The number of anilines is 1. The highest BCUT2D eigenvalue weighted by Gasteiger charge is 2.39. The van der Waals surface area contributed by atoms with Crippen LogP contribution in [0.1, 0.15) is 43.7 Å². The standard InChI is InChI=1S/C18H22N4O/c1-3-5-9-18(20-21-18)10-8-17(23)19-16-7-6-14-12-22(4-2)13-15(14)11-16/h1,6-7,11H,4-5,8-10,12-13H2,2H3,(H,19,23). The fourth-order valence-electron chi connectivity index (χ4n) is 2.97. The van der Waals surface area contributed by atoms with Gasteiger partial charge >= 0.3 is 0 Å². The number of nitrogens with zero attached hydrogens (tertiary/aromatic N) is 3. The lowest BCUT2D eigenvalue weighted by Gasteiger charge is -2.10. The number of carbonyl (C=O) groups is 1. The van der Waals surface area contributed by atoms with Crippen LogP contribution in [0.5, 0.6) is 0 Å². The summed E-state index contributed by atoms with van der Waals surface area (Å²) in [4.78, 5) is 14.5. The Morgan fingerprint density at radius 2 is 2.13 bits per heavy atom. The Morgan fingerprint density at radius 3 is 2.83 bits per heavy atom. The maximum absolute atomic E-state index is 12.1. The van der Waals surface area contributed by atoms with Gasteiger partial charge in [-0.15, -0.1) is 12.3 Å². The Hall–Kier alpha value is -2.19. The van der Waals surface area contributed by atoms with Crippen molar-refractivity contribution in [2.45, 2.75) is 51.4 Å². The molecule has 0 aliphatic carbocycles. The normalized spacial score (nSPS) is 17.6. The molecule has 2 aliphatic heterocycles. The summed E-state index contributed by atoms with van der Waals surface area (Å²) in [5.41, 5.74) is 3.15. The SMILES string of the molecule is C#CCCC1(CCC(=O)Nc2ccc3c(c2)CN(CC)C3)N=N1. The van der Waals surface area contributed by atoms with Crippen LogP contribution in [0.25, 0.3) is 0 Å². The zero-order chi connectivity index (χ0) is 16.3. The number of carbonyl (C=O) groups excluding carboxylic acids is 1. The molecule has 1 aromatic carbocycles. The van der Waals surface area contributed by atoms with Gasteiger partial charge in [0.05, 0.1) is 0 Å². The molecule has 5 nitrogen and oxygen atoms in total. The van der Waals surface area contributed by atoms with E-state index in [1.54, 1.807) is 0 Å². The average molecular weight is 310 g/mol. The Kier molecular flexibility index (Phi) is 4.44. The summed E-state index contributed by atoms with van der Waals surface area (Å²) >= 11 is 0. The van der Waals surface area contributed by atoms with Gasteiger partial charge in [0, 0.05) is 44.5 Å². The first kappa shape index (κ1) is 15.7. The van der Waals surface area contributed by atoms with Gasteiger partial charge in [-0.1, -0.05) is 13.0 Å². The Morgan fingerprint density at radius 1 is 1.35 bits per heavy atom. The molecule has 120 valence electrons. The van der Waals surface area contributed by atoms with E-state index in [9.17, 15) is 4.79 Å². The molecule has 0 spiro atoms. The van der Waals surface area contributed by atoms with Gasteiger partial charge in [-0.3, -0.25) is 9.69 Å². The number of amides is 1. The fraction of sp³-hybridized carbons (Fsp3) is 0.500. The predicted octanol–water partition coefficient (Wildman–Crippen LogP) is 3.32. The van der Waals surface area contributed by atoms with E-state index in [4.69, 9.17) is 6.42 Å². The molecule has 2 heterocycles. The van der Waals surface area contributed by atoms with Crippen molar-refractivity contribution in [3.05, 3.63) is 29.3 Å². The van der Waals surface area contributed by atoms with Crippen molar-refractivity contribution in [3.63, 3.8) is 0 Å². The summed E-state index contributed by atoms with van der Waals surface area (Å²) in [5.74, 6) is 2.61. The van der Waals surface area contributed by atoms with Gasteiger partial charge in [0.1, 0.15) is 0 Å². The molecule has 1 amide bonds. The zero-order valence-corrected chi connectivity index (χ0v) is 13.5. The summed E-state index contributed by atoms with van der Waals surface area (Å²) in [6.07, 6.45) is 7.70. The molecule has 0 unspecified atom stereocenters. The molecule has 23 heavy (non-hydrogen) atoms. The number of hydrogen-bond acceptors (Lipinski definition) is 4. The third kappa shape index (κ3) is 3.77. The molecule has 0 atom stereocenters. The van der Waals surface area contributed by atoms with E-state index in [1.807, 2.05) is 6.07 Å². The van der Waals surface area contributed by atoms with E-state index < -0.39 is 0 Å². The van der Waals surface area contributed by atoms with E-state index in [0.717, 1.165) is 31.7 Å². The van der Waals surface area contributed by atoms with Crippen molar-refractivity contribution in [2.75, 3.05) is 11.9 Å². The zero-order valence-electron chi connectivity index (χ0n) is 13.5. The van der Waals surface area contributed by atoms with E-state index in [0.29, 0.717) is 19.3 Å². The van der Waals surface area contributed by atoms with Crippen LogP contribution in [0.15, 0.2) is 28.4 Å². The fourth-order valence-corrected chi connectivity index (χ4v) is 2.97. The van der Waals surface area contributed by atoms with Crippen LogP contribution in [0.3, 0.4) is 0 Å². The van der Waals surface area contributed by atoms with Crippen molar-refractivity contribution in [3.8, 4) is 12.3 Å². The van der Waals surface area contributed by atoms with Gasteiger partial charge < -0.3 is 5.32 Å². The van der Waals surface area contributed by atoms with Gasteiger partial charge in [-0.2, -0.15) is 10.2 Å². The molecule has 0 radical (unpaired) electrons.